The van der Waals surface area contributed by atoms with Gasteiger partial charge in [-0.3, -0.25) is 0 Å². The van der Waals surface area contributed by atoms with Crippen molar-refractivity contribution in [2.24, 2.45) is 5.92 Å². The summed E-state index contributed by atoms with van der Waals surface area (Å²) in [4.78, 5) is 18.7. The maximum atomic E-state index is 12.5. The Labute approximate surface area is 179 Å². The third-order valence-corrected chi connectivity index (χ3v) is 5.47. The van der Waals surface area contributed by atoms with Crippen LogP contribution in [0.5, 0.6) is 11.6 Å². The summed E-state index contributed by atoms with van der Waals surface area (Å²) in [7, 11) is 0. The van der Waals surface area contributed by atoms with Crippen LogP contribution < -0.4 is 10.1 Å². The Hall–Kier alpha value is -2.60. The molecule has 0 unspecified atom stereocenters. The smallest absolute Gasteiger partial charge is 0.321 e. The van der Waals surface area contributed by atoms with Crippen LogP contribution >= 0.6 is 0 Å². The van der Waals surface area contributed by atoms with Gasteiger partial charge in [0.2, 0.25) is 5.88 Å². The standard InChI is InChI=1S/C24H33N3O3/c1-17(2)11-14-29-21-9-12-27(13-10-21)24(28)26-20-6-8-23(25-16-20)30-22-7-5-18(3)19(4)15-22/h5-8,15-17,21H,9-14H2,1-4H3,(H,26,28). The number of pyridine rings is 1. The summed E-state index contributed by atoms with van der Waals surface area (Å²) < 4.78 is 11.7. The average Bonchev–Trinajstić information content (AvgIpc) is 2.72. The van der Waals surface area contributed by atoms with E-state index in [4.69, 9.17) is 9.47 Å². The highest BCUT2D eigenvalue weighted by molar-refractivity contribution is 5.89. The molecule has 1 aliphatic rings. The van der Waals surface area contributed by atoms with Crippen molar-refractivity contribution in [2.75, 3.05) is 25.0 Å². The molecule has 0 spiro atoms. The van der Waals surface area contributed by atoms with Crippen LogP contribution in [0, 0.1) is 19.8 Å². The summed E-state index contributed by atoms with van der Waals surface area (Å²) in [5, 5.41) is 2.92. The molecule has 162 valence electrons. The minimum atomic E-state index is -0.0970. The molecule has 0 saturated carbocycles. The van der Waals surface area contributed by atoms with E-state index in [-0.39, 0.29) is 12.1 Å². The molecule has 1 aromatic heterocycles. The number of anilines is 1. The van der Waals surface area contributed by atoms with Crippen LogP contribution in [-0.4, -0.2) is 41.7 Å². The van der Waals surface area contributed by atoms with Gasteiger partial charge >= 0.3 is 6.03 Å². The summed E-state index contributed by atoms with van der Waals surface area (Å²) >= 11 is 0. The molecule has 0 radical (unpaired) electrons. The summed E-state index contributed by atoms with van der Waals surface area (Å²) in [5.41, 5.74) is 3.05. The zero-order valence-corrected chi connectivity index (χ0v) is 18.5. The van der Waals surface area contributed by atoms with E-state index in [1.54, 1.807) is 12.3 Å². The number of carbonyl (C=O) groups excluding carboxylic acids is 1. The minimum absolute atomic E-state index is 0.0970. The fraction of sp³-hybridized carbons (Fsp3) is 0.500. The number of aromatic nitrogens is 1. The quantitative estimate of drug-likeness (QED) is 0.649. The van der Waals surface area contributed by atoms with E-state index in [1.165, 1.54) is 11.1 Å². The monoisotopic (exact) mass is 411 g/mol. The number of hydrogen-bond acceptors (Lipinski definition) is 4. The minimum Gasteiger partial charge on any atom is -0.439 e. The van der Waals surface area contributed by atoms with Gasteiger partial charge in [0.15, 0.2) is 0 Å². The summed E-state index contributed by atoms with van der Waals surface area (Å²) in [6.45, 7) is 10.7. The predicted octanol–water partition coefficient (Wildman–Crippen LogP) is 5.55. The molecule has 0 bridgehead atoms. The third kappa shape index (κ3) is 6.46. The topological polar surface area (TPSA) is 63.7 Å². The second kappa shape index (κ2) is 10.4. The van der Waals surface area contributed by atoms with Crippen molar-refractivity contribution in [3.05, 3.63) is 47.7 Å². The van der Waals surface area contributed by atoms with Gasteiger partial charge < -0.3 is 19.7 Å². The fourth-order valence-corrected chi connectivity index (χ4v) is 3.31. The normalized spacial score (nSPS) is 14.8. The number of nitrogens with one attached hydrogen (secondary N) is 1. The average molecular weight is 412 g/mol. The van der Waals surface area contributed by atoms with E-state index in [9.17, 15) is 4.79 Å². The van der Waals surface area contributed by atoms with E-state index < -0.39 is 0 Å². The number of piperidine rings is 1. The Balaban J connectivity index is 1.45. The molecule has 1 aliphatic heterocycles. The van der Waals surface area contributed by atoms with Crippen LogP contribution in [0.4, 0.5) is 10.5 Å². The molecule has 2 aromatic rings. The number of likely N-dealkylation sites (tertiary alicyclic amines) is 1. The molecule has 30 heavy (non-hydrogen) atoms. The lowest BCUT2D eigenvalue weighted by Gasteiger charge is -2.32. The maximum Gasteiger partial charge on any atom is 0.321 e. The molecule has 1 N–H and O–H groups in total. The van der Waals surface area contributed by atoms with Crippen LogP contribution in [0.15, 0.2) is 36.5 Å². The number of hydrogen-bond donors (Lipinski definition) is 1. The van der Waals surface area contributed by atoms with Gasteiger partial charge in [0, 0.05) is 25.8 Å². The largest absolute Gasteiger partial charge is 0.439 e. The molecular formula is C24H33N3O3. The Morgan fingerprint density at radius 1 is 1.17 bits per heavy atom. The second-order valence-electron chi connectivity index (χ2n) is 8.40. The molecule has 1 aromatic carbocycles. The molecule has 0 atom stereocenters. The predicted molar refractivity (Wildman–Crippen MR) is 119 cm³/mol. The van der Waals surface area contributed by atoms with Gasteiger partial charge in [-0.2, -0.15) is 0 Å². The molecule has 2 amide bonds. The van der Waals surface area contributed by atoms with Gasteiger partial charge in [-0.05, 0) is 68.4 Å². The first-order chi connectivity index (χ1) is 14.4. The van der Waals surface area contributed by atoms with Crippen LogP contribution in [0.2, 0.25) is 0 Å². The maximum absolute atomic E-state index is 12.5. The second-order valence-corrected chi connectivity index (χ2v) is 8.40. The van der Waals surface area contributed by atoms with E-state index in [2.05, 4.69) is 38.0 Å². The number of aryl methyl sites for hydroxylation is 2. The molecule has 2 heterocycles. The Bertz CT molecular complexity index is 828. The van der Waals surface area contributed by atoms with Crippen molar-refractivity contribution >= 4 is 11.7 Å². The van der Waals surface area contributed by atoms with Crippen LogP contribution in [0.1, 0.15) is 44.2 Å². The first-order valence-electron chi connectivity index (χ1n) is 10.8. The van der Waals surface area contributed by atoms with Crippen LogP contribution in [-0.2, 0) is 4.74 Å². The molecule has 3 rings (SSSR count). The highest BCUT2D eigenvalue weighted by Crippen LogP contribution is 2.23. The first kappa shape index (κ1) is 22.1. The van der Waals surface area contributed by atoms with Gasteiger partial charge in [0.25, 0.3) is 0 Å². The van der Waals surface area contributed by atoms with Crippen LogP contribution in [0.3, 0.4) is 0 Å². The number of nitrogens with zero attached hydrogens (tertiary/aromatic N) is 2. The first-order valence-corrected chi connectivity index (χ1v) is 10.8. The number of urea groups is 1. The molecule has 6 nitrogen and oxygen atoms in total. The zero-order chi connectivity index (χ0) is 21.5. The van der Waals surface area contributed by atoms with Crippen molar-refractivity contribution in [1.29, 1.82) is 0 Å². The molecule has 0 aliphatic carbocycles. The van der Waals surface area contributed by atoms with Crippen molar-refractivity contribution in [1.82, 2.24) is 9.88 Å². The van der Waals surface area contributed by atoms with Gasteiger partial charge in [-0.1, -0.05) is 19.9 Å². The lowest BCUT2D eigenvalue weighted by molar-refractivity contribution is 0.0112. The third-order valence-electron chi connectivity index (χ3n) is 5.47. The van der Waals surface area contributed by atoms with Gasteiger partial charge in [-0.25, -0.2) is 9.78 Å². The summed E-state index contributed by atoms with van der Waals surface area (Å²) in [6, 6.07) is 9.42. The molecule has 1 saturated heterocycles. The van der Waals surface area contributed by atoms with E-state index >= 15 is 0 Å². The van der Waals surface area contributed by atoms with E-state index in [0.29, 0.717) is 30.6 Å². The lowest BCUT2D eigenvalue weighted by atomic mass is 10.1. The van der Waals surface area contributed by atoms with Crippen molar-refractivity contribution in [2.45, 2.75) is 53.1 Å². The molecule has 1 fully saturated rings. The number of carbonyl (C=O) groups is 1. The van der Waals surface area contributed by atoms with E-state index in [1.807, 2.05) is 29.2 Å². The van der Waals surface area contributed by atoms with Gasteiger partial charge in [0.05, 0.1) is 18.0 Å². The number of ether oxygens (including phenoxy) is 2. The highest BCUT2D eigenvalue weighted by Gasteiger charge is 2.23. The number of amides is 2. The molecule has 6 heteroatoms. The lowest BCUT2D eigenvalue weighted by Crippen LogP contribution is -2.43. The number of rotatable bonds is 7. The Morgan fingerprint density at radius 2 is 1.93 bits per heavy atom. The SMILES string of the molecule is Cc1ccc(Oc2ccc(NC(=O)N3CCC(OCCC(C)C)CC3)cn2)cc1C. The van der Waals surface area contributed by atoms with Crippen molar-refractivity contribution in [3.63, 3.8) is 0 Å². The van der Waals surface area contributed by atoms with Gasteiger partial charge in [0.1, 0.15) is 5.75 Å². The van der Waals surface area contributed by atoms with E-state index in [0.717, 1.165) is 31.6 Å². The zero-order valence-electron chi connectivity index (χ0n) is 18.5. The van der Waals surface area contributed by atoms with Crippen molar-refractivity contribution < 1.29 is 14.3 Å². The van der Waals surface area contributed by atoms with Crippen LogP contribution in [0.25, 0.3) is 0 Å². The Kier molecular flexibility index (Phi) is 7.69. The summed E-state index contributed by atoms with van der Waals surface area (Å²) in [5.74, 6) is 1.90. The Morgan fingerprint density at radius 3 is 2.57 bits per heavy atom. The molecular weight excluding hydrogens is 378 g/mol. The number of benzene rings is 1. The summed E-state index contributed by atoms with van der Waals surface area (Å²) in [6.07, 6.45) is 4.72. The van der Waals surface area contributed by atoms with Gasteiger partial charge in [-0.15, -0.1) is 0 Å². The fourth-order valence-electron chi connectivity index (χ4n) is 3.31. The van der Waals surface area contributed by atoms with Crippen molar-refractivity contribution in [3.8, 4) is 11.6 Å². The highest BCUT2D eigenvalue weighted by atomic mass is 16.5.